The van der Waals surface area contributed by atoms with Crippen molar-refractivity contribution in [3.05, 3.63) is 11.6 Å². The number of hydrogen-bond acceptors (Lipinski definition) is 3. The standard InChI is InChI=1S/C11H18N6.HI/c12-11(14-8-4-5-8)13-7-10-16-15-9-3-1-2-6-17(9)10;/h8H,1-7H2,(H3,12,13,14);1H. The van der Waals surface area contributed by atoms with E-state index in [9.17, 15) is 0 Å². The summed E-state index contributed by atoms with van der Waals surface area (Å²) in [7, 11) is 0. The highest BCUT2D eigenvalue weighted by molar-refractivity contribution is 14.0. The van der Waals surface area contributed by atoms with E-state index in [1.807, 2.05) is 0 Å². The molecule has 0 bridgehead atoms. The first kappa shape index (κ1) is 13.6. The molecule has 7 heteroatoms. The van der Waals surface area contributed by atoms with Crippen molar-refractivity contribution in [2.75, 3.05) is 0 Å². The fourth-order valence-corrected chi connectivity index (χ4v) is 2.12. The predicted octanol–water partition coefficient (Wildman–Crippen LogP) is 0.799. The maximum atomic E-state index is 5.79. The van der Waals surface area contributed by atoms with Gasteiger partial charge < -0.3 is 15.6 Å². The largest absolute Gasteiger partial charge is 0.370 e. The Morgan fingerprint density at radius 2 is 2.22 bits per heavy atom. The topological polar surface area (TPSA) is 81.1 Å². The monoisotopic (exact) mass is 362 g/mol. The van der Waals surface area contributed by atoms with Crippen LogP contribution >= 0.6 is 24.0 Å². The Labute approximate surface area is 123 Å². The molecule has 100 valence electrons. The molecule has 1 fully saturated rings. The molecule has 1 aliphatic carbocycles. The first-order valence-electron chi connectivity index (χ1n) is 6.30. The van der Waals surface area contributed by atoms with Crippen molar-refractivity contribution in [2.45, 2.75) is 51.2 Å². The third-order valence-corrected chi connectivity index (χ3v) is 3.26. The molecule has 0 aromatic carbocycles. The number of nitrogens with one attached hydrogen (secondary N) is 1. The highest BCUT2D eigenvalue weighted by Gasteiger charge is 2.21. The lowest BCUT2D eigenvalue weighted by Crippen LogP contribution is -2.33. The third kappa shape index (κ3) is 3.12. The Balaban J connectivity index is 0.00000120. The Morgan fingerprint density at radius 1 is 1.39 bits per heavy atom. The Bertz CT molecular complexity index is 437. The first-order valence-corrected chi connectivity index (χ1v) is 6.30. The van der Waals surface area contributed by atoms with Gasteiger partial charge >= 0.3 is 0 Å². The Morgan fingerprint density at radius 3 is 3.00 bits per heavy atom. The first-order chi connectivity index (χ1) is 8.33. The van der Waals surface area contributed by atoms with Crippen LogP contribution in [0.3, 0.4) is 0 Å². The zero-order chi connectivity index (χ0) is 11.7. The van der Waals surface area contributed by atoms with Gasteiger partial charge in [0.25, 0.3) is 0 Å². The minimum absolute atomic E-state index is 0. The lowest BCUT2D eigenvalue weighted by Gasteiger charge is -2.13. The van der Waals surface area contributed by atoms with Crippen molar-refractivity contribution in [2.24, 2.45) is 10.7 Å². The number of fused-ring (bicyclic) bond motifs is 1. The van der Waals surface area contributed by atoms with Crippen LogP contribution in [0.4, 0.5) is 0 Å². The fourth-order valence-electron chi connectivity index (χ4n) is 2.12. The summed E-state index contributed by atoms with van der Waals surface area (Å²) < 4.78 is 2.18. The van der Waals surface area contributed by atoms with E-state index in [-0.39, 0.29) is 24.0 Å². The Hall–Kier alpha value is -0.860. The lowest BCUT2D eigenvalue weighted by atomic mass is 10.2. The van der Waals surface area contributed by atoms with Crippen LogP contribution < -0.4 is 11.1 Å². The van der Waals surface area contributed by atoms with Crippen molar-refractivity contribution in [3.63, 3.8) is 0 Å². The summed E-state index contributed by atoms with van der Waals surface area (Å²) in [5.74, 6) is 2.55. The molecule has 3 rings (SSSR count). The molecule has 2 aliphatic rings. The molecular formula is C11H19IN6. The van der Waals surface area contributed by atoms with Crippen LogP contribution in [-0.4, -0.2) is 26.8 Å². The molecule has 0 unspecified atom stereocenters. The molecule has 0 amide bonds. The smallest absolute Gasteiger partial charge is 0.189 e. The summed E-state index contributed by atoms with van der Waals surface area (Å²) in [5, 5.41) is 11.5. The average Bonchev–Trinajstić information content (AvgIpc) is 3.06. The summed E-state index contributed by atoms with van der Waals surface area (Å²) in [6.45, 7) is 1.54. The molecule has 3 N–H and O–H groups in total. The molecule has 1 aliphatic heterocycles. The van der Waals surface area contributed by atoms with E-state index >= 15 is 0 Å². The van der Waals surface area contributed by atoms with Gasteiger partial charge in [-0.1, -0.05) is 0 Å². The summed E-state index contributed by atoms with van der Waals surface area (Å²) in [6, 6.07) is 0.547. The third-order valence-electron chi connectivity index (χ3n) is 3.26. The van der Waals surface area contributed by atoms with Crippen molar-refractivity contribution < 1.29 is 0 Å². The minimum Gasteiger partial charge on any atom is -0.370 e. The van der Waals surface area contributed by atoms with E-state index in [0.29, 0.717) is 18.5 Å². The SMILES string of the molecule is I.NC(=NCc1nnc2n1CCCC2)NC1CC1. The predicted molar refractivity (Wildman–Crippen MR) is 79.9 cm³/mol. The molecule has 2 heterocycles. The zero-order valence-electron chi connectivity index (χ0n) is 10.3. The number of aliphatic imine (C=N–C) groups is 1. The lowest BCUT2D eigenvalue weighted by molar-refractivity contribution is 0.508. The van der Waals surface area contributed by atoms with E-state index in [1.165, 1.54) is 25.7 Å². The van der Waals surface area contributed by atoms with Gasteiger partial charge in [0, 0.05) is 19.0 Å². The van der Waals surface area contributed by atoms with E-state index in [4.69, 9.17) is 5.73 Å². The number of guanidine groups is 1. The van der Waals surface area contributed by atoms with Gasteiger partial charge in [-0.2, -0.15) is 0 Å². The van der Waals surface area contributed by atoms with Crippen LogP contribution in [0.2, 0.25) is 0 Å². The van der Waals surface area contributed by atoms with Gasteiger partial charge in [-0.05, 0) is 25.7 Å². The highest BCUT2D eigenvalue weighted by atomic mass is 127. The van der Waals surface area contributed by atoms with Gasteiger partial charge in [0.1, 0.15) is 12.4 Å². The molecule has 6 nitrogen and oxygen atoms in total. The van der Waals surface area contributed by atoms with E-state index < -0.39 is 0 Å². The molecule has 0 saturated heterocycles. The van der Waals surface area contributed by atoms with Crippen molar-refractivity contribution >= 4 is 29.9 Å². The number of aromatic nitrogens is 3. The fraction of sp³-hybridized carbons (Fsp3) is 0.727. The van der Waals surface area contributed by atoms with Crippen molar-refractivity contribution in [3.8, 4) is 0 Å². The quantitative estimate of drug-likeness (QED) is 0.474. The van der Waals surface area contributed by atoms with Gasteiger partial charge in [-0.3, -0.25) is 0 Å². The van der Waals surface area contributed by atoms with Crippen LogP contribution in [0.25, 0.3) is 0 Å². The number of hydrogen-bond donors (Lipinski definition) is 2. The van der Waals surface area contributed by atoms with Gasteiger partial charge in [-0.25, -0.2) is 4.99 Å². The van der Waals surface area contributed by atoms with Crippen LogP contribution in [0.15, 0.2) is 4.99 Å². The van der Waals surface area contributed by atoms with Crippen LogP contribution in [-0.2, 0) is 19.5 Å². The summed E-state index contributed by atoms with van der Waals surface area (Å²) in [6.07, 6.45) is 5.87. The van der Waals surface area contributed by atoms with Crippen LogP contribution in [0.5, 0.6) is 0 Å². The molecule has 1 aromatic heterocycles. The second kappa shape index (κ2) is 5.85. The second-order valence-electron chi connectivity index (χ2n) is 4.76. The number of rotatable bonds is 3. The molecule has 18 heavy (non-hydrogen) atoms. The second-order valence-corrected chi connectivity index (χ2v) is 4.76. The summed E-state index contributed by atoms with van der Waals surface area (Å²) >= 11 is 0. The normalized spacial score (nSPS) is 19.0. The minimum atomic E-state index is 0. The molecular weight excluding hydrogens is 343 g/mol. The Kier molecular flexibility index (Phi) is 4.41. The summed E-state index contributed by atoms with van der Waals surface area (Å²) in [5.41, 5.74) is 5.79. The van der Waals surface area contributed by atoms with Crippen molar-refractivity contribution in [1.82, 2.24) is 20.1 Å². The maximum Gasteiger partial charge on any atom is 0.189 e. The zero-order valence-corrected chi connectivity index (χ0v) is 12.6. The molecule has 0 atom stereocenters. The molecule has 1 aromatic rings. The van der Waals surface area contributed by atoms with E-state index in [0.717, 1.165) is 24.6 Å². The number of halogens is 1. The van der Waals surface area contributed by atoms with Gasteiger partial charge in [0.2, 0.25) is 0 Å². The van der Waals surface area contributed by atoms with Crippen molar-refractivity contribution in [1.29, 1.82) is 0 Å². The number of aryl methyl sites for hydroxylation is 1. The number of nitrogens with two attached hydrogens (primary N) is 1. The molecule has 1 saturated carbocycles. The van der Waals surface area contributed by atoms with Gasteiger partial charge in [0.15, 0.2) is 11.8 Å². The maximum absolute atomic E-state index is 5.79. The van der Waals surface area contributed by atoms with E-state index in [1.54, 1.807) is 0 Å². The average molecular weight is 362 g/mol. The van der Waals surface area contributed by atoms with Gasteiger partial charge in [0.05, 0.1) is 0 Å². The van der Waals surface area contributed by atoms with Crippen LogP contribution in [0.1, 0.15) is 37.3 Å². The van der Waals surface area contributed by atoms with E-state index in [2.05, 4.69) is 25.1 Å². The molecule has 0 radical (unpaired) electrons. The molecule has 0 spiro atoms. The summed E-state index contributed by atoms with van der Waals surface area (Å²) in [4.78, 5) is 4.31. The van der Waals surface area contributed by atoms with Gasteiger partial charge in [-0.15, -0.1) is 34.2 Å². The van der Waals surface area contributed by atoms with Crippen LogP contribution in [0, 0.1) is 0 Å². The number of nitrogens with zero attached hydrogens (tertiary/aromatic N) is 4. The highest BCUT2D eigenvalue weighted by Crippen LogP contribution is 2.18.